The number of fused-ring (bicyclic) bond motifs is 1. The molecule has 1 saturated heterocycles. The molecule has 3 atom stereocenters. The van der Waals surface area contributed by atoms with Crippen molar-refractivity contribution in [3.05, 3.63) is 54.2 Å². The second kappa shape index (κ2) is 7.37. The molecule has 0 spiro atoms. The van der Waals surface area contributed by atoms with Gasteiger partial charge in [-0.05, 0) is 36.5 Å². The summed E-state index contributed by atoms with van der Waals surface area (Å²) < 4.78 is 16.8. The van der Waals surface area contributed by atoms with E-state index in [9.17, 15) is 4.79 Å². The van der Waals surface area contributed by atoms with Gasteiger partial charge in [0.25, 0.3) is 5.91 Å². The Morgan fingerprint density at radius 2 is 2.32 bits per heavy atom. The zero-order chi connectivity index (χ0) is 17.1. The molecular weight excluding hydrogens is 320 g/mol. The number of amides is 1. The largest absolute Gasteiger partial charge is 0.472 e. The van der Waals surface area contributed by atoms with Crippen LogP contribution in [0.25, 0.3) is 0 Å². The van der Waals surface area contributed by atoms with Crippen molar-refractivity contribution in [2.24, 2.45) is 5.92 Å². The van der Waals surface area contributed by atoms with Crippen molar-refractivity contribution in [3.8, 4) is 0 Å². The quantitative estimate of drug-likeness (QED) is 0.835. The third kappa shape index (κ3) is 3.60. The number of aromatic nitrogens is 1. The molecule has 1 aliphatic heterocycles. The molecule has 2 fully saturated rings. The molecule has 0 aromatic carbocycles. The summed E-state index contributed by atoms with van der Waals surface area (Å²) in [5.74, 6) is 0.438. The molecule has 1 amide bonds. The zero-order valence-electron chi connectivity index (χ0n) is 14.0. The van der Waals surface area contributed by atoms with Gasteiger partial charge in [0.1, 0.15) is 6.26 Å². The van der Waals surface area contributed by atoms with Gasteiger partial charge < -0.3 is 18.8 Å². The SMILES string of the molecule is O=C(c1ccoc1)N1CCO[C@@H]2C[C@H](COCc3cccnc3)C[C@H]21. The van der Waals surface area contributed by atoms with Crippen LogP contribution in [0.15, 0.2) is 47.5 Å². The fourth-order valence-electron chi connectivity index (χ4n) is 3.82. The van der Waals surface area contributed by atoms with Gasteiger partial charge in [0.15, 0.2) is 0 Å². The van der Waals surface area contributed by atoms with E-state index in [2.05, 4.69) is 4.98 Å². The summed E-state index contributed by atoms with van der Waals surface area (Å²) in [4.78, 5) is 18.7. The molecule has 3 heterocycles. The average Bonchev–Trinajstić information content (AvgIpc) is 3.31. The number of rotatable bonds is 5. The molecule has 0 N–H and O–H groups in total. The maximum Gasteiger partial charge on any atom is 0.257 e. The number of hydrogen-bond acceptors (Lipinski definition) is 5. The highest BCUT2D eigenvalue weighted by molar-refractivity contribution is 5.94. The van der Waals surface area contributed by atoms with Crippen LogP contribution in [-0.4, -0.2) is 47.7 Å². The molecule has 25 heavy (non-hydrogen) atoms. The predicted molar refractivity (Wildman–Crippen MR) is 89.9 cm³/mol. The zero-order valence-corrected chi connectivity index (χ0v) is 14.0. The first-order valence-electron chi connectivity index (χ1n) is 8.72. The van der Waals surface area contributed by atoms with Crippen LogP contribution in [0.3, 0.4) is 0 Å². The van der Waals surface area contributed by atoms with Crippen molar-refractivity contribution < 1.29 is 18.7 Å². The van der Waals surface area contributed by atoms with Gasteiger partial charge in [0.05, 0.1) is 43.8 Å². The Bertz CT molecular complexity index is 689. The fourth-order valence-corrected chi connectivity index (χ4v) is 3.82. The molecule has 2 aliphatic rings. The summed E-state index contributed by atoms with van der Waals surface area (Å²) >= 11 is 0. The summed E-state index contributed by atoms with van der Waals surface area (Å²) in [6, 6.07) is 5.77. The van der Waals surface area contributed by atoms with Gasteiger partial charge in [-0.25, -0.2) is 0 Å². The lowest BCUT2D eigenvalue weighted by Crippen LogP contribution is -2.51. The number of nitrogens with zero attached hydrogens (tertiary/aromatic N) is 2. The van der Waals surface area contributed by atoms with Crippen LogP contribution >= 0.6 is 0 Å². The lowest BCUT2D eigenvalue weighted by Gasteiger charge is -2.37. The second-order valence-electron chi connectivity index (χ2n) is 6.70. The summed E-state index contributed by atoms with van der Waals surface area (Å²) in [7, 11) is 0. The van der Waals surface area contributed by atoms with Crippen LogP contribution in [-0.2, 0) is 16.1 Å². The van der Waals surface area contributed by atoms with E-state index in [1.807, 2.05) is 23.2 Å². The van der Waals surface area contributed by atoms with E-state index in [1.54, 1.807) is 12.3 Å². The van der Waals surface area contributed by atoms with Crippen molar-refractivity contribution in [3.63, 3.8) is 0 Å². The van der Waals surface area contributed by atoms with E-state index >= 15 is 0 Å². The number of carbonyl (C=O) groups is 1. The molecular formula is C19H22N2O4. The first kappa shape index (κ1) is 16.3. The lowest BCUT2D eigenvalue weighted by atomic mass is 10.1. The third-order valence-corrected chi connectivity index (χ3v) is 5.01. The molecule has 0 bridgehead atoms. The van der Waals surface area contributed by atoms with Crippen LogP contribution in [0.2, 0.25) is 0 Å². The van der Waals surface area contributed by atoms with Crippen LogP contribution < -0.4 is 0 Å². The number of pyridine rings is 1. The van der Waals surface area contributed by atoms with Crippen molar-refractivity contribution in [2.75, 3.05) is 19.8 Å². The summed E-state index contributed by atoms with van der Waals surface area (Å²) in [6.07, 6.45) is 8.59. The molecule has 4 rings (SSSR count). The molecule has 2 aromatic heterocycles. The molecule has 0 unspecified atom stereocenters. The van der Waals surface area contributed by atoms with E-state index in [0.717, 1.165) is 18.4 Å². The predicted octanol–water partition coefficient (Wildman–Crippen LogP) is 2.51. The monoisotopic (exact) mass is 342 g/mol. The van der Waals surface area contributed by atoms with Gasteiger partial charge in [-0.3, -0.25) is 9.78 Å². The second-order valence-corrected chi connectivity index (χ2v) is 6.70. The molecule has 0 radical (unpaired) electrons. The van der Waals surface area contributed by atoms with Crippen molar-refractivity contribution >= 4 is 5.91 Å². The number of hydrogen-bond donors (Lipinski definition) is 0. The maximum atomic E-state index is 12.7. The van der Waals surface area contributed by atoms with Gasteiger partial charge in [-0.1, -0.05) is 6.07 Å². The smallest absolute Gasteiger partial charge is 0.257 e. The van der Waals surface area contributed by atoms with Gasteiger partial charge in [-0.15, -0.1) is 0 Å². The summed E-state index contributed by atoms with van der Waals surface area (Å²) in [6.45, 7) is 2.47. The molecule has 6 heteroatoms. The molecule has 1 aliphatic carbocycles. The number of carbonyl (C=O) groups excluding carboxylic acids is 1. The van der Waals surface area contributed by atoms with E-state index in [1.165, 1.54) is 12.5 Å². The molecule has 132 valence electrons. The Morgan fingerprint density at radius 3 is 3.12 bits per heavy atom. The molecule has 6 nitrogen and oxygen atoms in total. The Hall–Kier alpha value is -2.18. The van der Waals surface area contributed by atoms with Gasteiger partial charge in [-0.2, -0.15) is 0 Å². The van der Waals surface area contributed by atoms with E-state index in [4.69, 9.17) is 13.9 Å². The topological polar surface area (TPSA) is 64.8 Å². The van der Waals surface area contributed by atoms with Crippen LogP contribution in [0.5, 0.6) is 0 Å². The summed E-state index contributed by atoms with van der Waals surface area (Å²) in [5, 5.41) is 0. The van der Waals surface area contributed by atoms with Crippen LogP contribution in [0.1, 0.15) is 28.8 Å². The van der Waals surface area contributed by atoms with Crippen molar-refractivity contribution in [1.82, 2.24) is 9.88 Å². The average molecular weight is 342 g/mol. The first-order chi connectivity index (χ1) is 12.3. The normalized spacial score (nSPS) is 25.8. The fraction of sp³-hybridized carbons (Fsp3) is 0.474. The van der Waals surface area contributed by atoms with E-state index in [0.29, 0.717) is 37.8 Å². The van der Waals surface area contributed by atoms with Crippen molar-refractivity contribution in [1.29, 1.82) is 0 Å². The third-order valence-electron chi connectivity index (χ3n) is 5.01. The lowest BCUT2D eigenvalue weighted by molar-refractivity contribution is -0.0450. The minimum absolute atomic E-state index is 0.0315. The molecule has 2 aromatic rings. The highest BCUT2D eigenvalue weighted by Gasteiger charge is 2.43. The summed E-state index contributed by atoms with van der Waals surface area (Å²) in [5.41, 5.74) is 1.68. The Morgan fingerprint density at radius 1 is 1.36 bits per heavy atom. The van der Waals surface area contributed by atoms with Gasteiger partial charge in [0.2, 0.25) is 0 Å². The van der Waals surface area contributed by atoms with Crippen LogP contribution in [0, 0.1) is 5.92 Å². The van der Waals surface area contributed by atoms with Crippen molar-refractivity contribution in [2.45, 2.75) is 31.6 Å². The minimum Gasteiger partial charge on any atom is -0.472 e. The maximum absolute atomic E-state index is 12.7. The highest BCUT2D eigenvalue weighted by Crippen LogP contribution is 2.35. The van der Waals surface area contributed by atoms with E-state index in [-0.39, 0.29) is 18.1 Å². The first-order valence-corrected chi connectivity index (χ1v) is 8.72. The van der Waals surface area contributed by atoms with Gasteiger partial charge >= 0.3 is 0 Å². The number of ether oxygens (including phenoxy) is 2. The highest BCUT2D eigenvalue weighted by atomic mass is 16.5. The minimum atomic E-state index is 0.0315. The standard InChI is InChI=1S/C19H22N2O4/c22-19(16-3-6-23-13-16)21-5-7-25-18-9-15(8-17(18)21)12-24-11-14-2-1-4-20-10-14/h1-4,6,10,13,15,17-18H,5,7-9,11-12H2/t15-,17-,18-/m1/s1. The van der Waals surface area contributed by atoms with Gasteiger partial charge in [0, 0.05) is 18.9 Å². The van der Waals surface area contributed by atoms with E-state index < -0.39 is 0 Å². The Labute approximate surface area is 146 Å². The Kier molecular flexibility index (Phi) is 4.81. The Balaban J connectivity index is 1.33. The van der Waals surface area contributed by atoms with Crippen LogP contribution in [0.4, 0.5) is 0 Å². The molecule has 1 saturated carbocycles. The number of morpholine rings is 1. The number of furan rings is 1.